The van der Waals surface area contributed by atoms with E-state index in [0.29, 0.717) is 19.5 Å². The molecule has 0 aliphatic carbocycles. The molecule has 1 fully saturated rings. The molecule has 0 spiro atoms. The highest BCUT2D eigenvalue weighted by molar-refractivity contribution is 7.91. The summed E-state index contributed by atoms with van der Waals surface area (Å²) in [7, 11) is -3.15. The lowest BCUT2D eigenvalue weighted by atomic mass is 10.1. The summed E-state index contributed by atoms with van der Waals surface area (Å²) in [4.78, 5) is 16.5. The number of carbonyl (C=O) groups is 1. The number of rotatable bonds is 7. The zero-order valence-electron chi connectivity index (χ0n) is 14.5. The Morgan fingerprint density at radius 3 is 2.48 bits per heavy atom. The maximum atomic E-state index is 14.2. The Hall–Kier alpha value is -1.18. The van der Waals surface area contributed by atoms with Gasteiger partial charge >= 0.3 is 0 Å². The van der Waals surface area contributed by atoms with E-state index >= 15 is 0 Å². The van der Waals surface area contributed by atoms with E-state index in [1.165, 1.54) is 17.0 Å². The van der Waals surface area contributed by atoms with E-state index in [-0.39, 0.29) is 22.1 Å². The molecule has 140 valence electrons. The lowest BCUT2D eigenvalue weighted by Crippen LogP contribution is -2.45. The van der Waals surface area contributed by atoms with Gasteiger partial charge in [0, 0.05) is 24.2 Å². The summed E-state index contributed by atoms with van der Waals surface area (Å²) in [5.74, 6) is -1.17. The van der Waals surface area contributed by atoms with Crippen molar-refractivity contribution in [3.05, 3.63) is 34.6 Å². The number of halogens is 2. The smallest absolute Gasteiger partial charge is 0.257 e. The molecule has 2 rings (SSSR count). The molecule has 1 amide bonds. The van der Waals surface area contributed by atoms with Gasteiger partial charge in [-0.05, 0) is 37.7 Å². The van der Waals surface area contributed by atoms with Crippen LogP contribution in [0, 0.1) is 5.82 Å². The highest BCUT2D eigenvalue weighted by atomic mass is 35.5. The monoisotopic (exact) mass is 390 g/mol. The fraction of sp³-hybridized carbons (Fsp3) is 0.588. The van der Waals surface area contributed by atoms with Gasteiger partial charge in [-0.1, -0.05) is 25.4 Å². The highest BCUT2D eigenvalue weighted by Crippen LogP contribution is 2.22. The van der Waals surface area contributed by atoms with Crippen LogP contribution in [0.25, 0.3) is 0 Å². The number of hydrogen-bond donors (Lipinski definition) is 0. The third kappa shape index (κ3) is 5.15. The van der Waals surface area contributed by atoms with Crippen LogP contribution in [0.4, 0.5) is 4.39 Å². The number of carbonyl (C=O) groups excluding carboxylic acids is 1. The van der Waals surface area contributed by atoms with Gasteiger partial charge in [0.1, 0.15) is 5.82 Å². The largest absolute Gasteiger partial charge is 0.333 e. The second-order valence-electron chi connectivity index (χ2n) is 6.21. The second-order valence-corrected chi connectivity index (χ2v) is 8.87. The minimum Gasteiger partial charge on any atom is -0.333 e. The number of amides is 1. The van der Waals surface area contributed by atoms with Crippen molar-refractivity contribution in [3.8, 4) is 0 Å². The van der Waals surface area contributed by atoms with E-state index < -0.39 is 27.6 Å². The molecule has 8 heteroatoms. The number of likely N-dealkylation sites (N-methyl/N-ethyl adjacent to an activating group) is 1. The second kappa shape index (κ2) is 8.47. The van der Waals surface area contributed by atoms with Gasteiger partial charge in [0.25, 0.3) is 5.91 Å². The van der Waals surface area contributed by atoms with Crippen LogP contribution in [0.5, 0.6) is 0 Å². The summed E-state index contributed by atoms with van der Waals surface area (Å²) >= 11 is 5.76. The van der Waals surface area contributed by atoms with Crippen LogP contribution in [-0.2, 0) is 9.84 Å². The van der Waals surface area contributed by atoms with Crippen LogP contribution in [0.3, 0.4) is 0 Å². The van der Waals surface area contributed by atoms with Gasteiger partial charge in [0.2, 0.25) is 0 Å². The molecular weight excluding hydrogens is 367 g/mol. The lowest BCUT2D eigenvalue weighted by Gasteiger charge is -2.31. The lowest BCUT2D eigenvalue weighted by molar-refractivity contribution is 0.0669. The number of sulfone groups is 1. The van der Waals surface area contributed by atoms with Crippen molar-refractivity contribution in [1.29, 1.82) is 0 Å². The molecular formula is C17H24ClFN2O3S. The first-order chi connectivity index (χ1) is 11.8. The molecule has 0 aromatic heterocycles. The SMILES string of the molecule is CCN(CC)CCN(C(=O)c1ccc(Cl)cc1F)[C@@H]1CCS(=O)(=O)C1. The molecule has 0 bridgehead atoms. The van der Waals surface area contributed by atoms with Crippen molar-refractivity contribution in [2.45, 2.75) is 26.3 Å². The fourth-order valence-electron chi connectivity index (χ4n) is 3.08. The average molecular weight is 391 g/mol. The summed E-state index contributed by atoms with van der Waals surface area (Å²) < 4.78 is 37.8. The molecule has 1 aromatic rings. The highest BCUT2D eigenvalue weighted by Gasteiger charge is 2.35. The first-order valence-corrected chi connectivity index (χ1v) is 10.7. The molecule has 1 aliphatic heterocycles. The standard InChI is InChI=1S/C17H24ClFN2O3S/c1-3-20(4-2)8-9-21(14-7-10-25(23,24)12-14)17(22)15-6-5-13(18)11-16(15)19/h5-6,11,14H,3-4,7-10,12H2,1-2H3/t14-/m1/s1. The summed E-state index contributed by atoms with van der Waals surface area (Å²) in [5.41, 5.74) is -0.0757. The topological polar surface area (TPSA) is 57.7 Å². The average Bonchev–Trinajstić information content (AvgIpc) is 2.91. The number of benzene rings is 1. The van der Waals surface area contributed by atoms with Crippen LogP contribution >= 0.6 is 11.6 Å². The Morgan fingerprint density at radius 2 is 1.96 bits per heavy atom. The Kier molecular flexibility index (Phi) is 6.82. The van der Waals surface area contributed by atoms with Crippen LogP contribution in [-0.4, -0.2) is 67.9 Å². The molecule has 1 aromatic carbocycles. The van der Waals surface area contributed by atoms with Crippen molar-refractivity contribution >= 4 is 27.3 Å². The minimum absolute atomic E-state index is 0.0633. The Bertz CT molecular complexity index is 723. The van der Waals surface area contributed by atoms with E-state index in [2.05, 4.69) is 4.90 Å². The van der Waals surface area contributed by atoms with Gasteiger partial charge in [0.15, 0.2) is 9.84 Å². The summed E-state index contributed by atoms with van der Waals surface area (Å²) in [6.07, 6.45) is 0.390. The Morgan fingerprint density at radius 1 is 1.28 bits per heavy atom. The van der Waals surface area contributed by atoms with Gasteiger partial charge < -0.3 is 9.80 Å². The summed E-state index contributed by atoms with van der Waals surface area (Å²) in [5, 5.41) is 0.215. The predicted octanol–water partition coefficient (Wildman–Crippen LogP) is 2.45. The van der Waals surface area contributed by atoms with Crippen LogP contribution < -0.4 is 0 Å². The predicted molar refractivity (Wildman–Crippen MR) is 97.3 cm³/mol. The van der Waals surface area contributed by atoms with Crippen molar-refractivity contribution in [3.63, 3.8) is 0 Å². The van der Waals surface area contributed by atoms with Gasteiger partial charge in [-0.15, -0.1) is 0 Å². The van der Waals surface area contributed by atoms with Crippen molar-refractivity contribution in [2.75, 3.05) is 37.7 Å². The van der Waals surface area contributed by atoms with Gasteiger partial charge in [0.05, 0.1) is 17.1 Å². The molecule has 1 atom stereocenters. The quantitative estimate of drug-likeness (QED) is 0.717. The zero-order chi connectivity index (χ0) is 18.6. The molecule has 0 unspecified atom stereocenters. The van der Waals surface area contributed by atoms with E-state index in [1.54, 1.807) is 0 Å². The van der Waals surface area contributed by atoms with Gasteiger partial charge in [-0.3, -0.25) is 4.79 Å². The van der Waals surface area contributed by atoms with Gasteiger partial charge in [-0.2, -0.15) is 0 Å². The maximum absolute atomic E-state index is 14.2. The fourth-order valence-corrected chi connectivity index (χ4v) is 4.97. The van der Waals surface area contributed by atoms with Crippen molar-refractivity contribution in [1.82, 2.24) is 9.80 Å². The van der Waals surface area contributed by atoms with E-state index in [1.807, 2.05) is 13.8 Å². The first-order valence-electron chi connectivity index (χ1n) is 8.46. The molecule has 0 radical (unpaired) electrons. The number of hydrogen-bond acceptors (Lipinski definition) is 4. The summed E-state index contributed by atoms with van der Waals surface area (Å²) in [6.45, 7) is 6.68. The zero-order valence-corrected chi connectivity index (χ0v) is 16.1. The van der Waals surface area contributed by atoms with E-state index in [4.69, 9.17) is 11.6 Å². The molecule has 0 N–H and O–H groups in total. The van der Waals surface area contributed by atoms with Crippen LogP contribution in [0.2, 0.25) is 5.02 Å². The maximum Gasteiger partial charge on any atom is 0.257 e. The number of nitrogens with zero attached hydrogens (tertiary/aromatic N) is 2. The summed E-state index contributed by atoms with van der Waals surface area (Å²) in [6, 6.07) is 3.51. The molecule has 5 nitrogen and oxygen atoms in total. The molecule has 1 aliphatic rings. The molecule has 1 saturated heterocycles. The van der Waals surface area contributed by atoms with Crippen molar-refractivity contribution in [2.24, 2.45) is 0 Å². The third-order valence-electron chi connectivity index (χ3n) is 4.62. The first kappa shape index (κ1) is 20.1. The molecule has 25 heavy (non-hydrogen) atoms. The Labute approximate surface area is 153 Å². The van der Waals surface area contributed by atoms with Crippen molar-refractivity contribution < 1.29 is 17.6 Å². The van der Waals surface area contributed by atoms with E-state index in [9.17, 15) is 17.6 Å². The Balaban J connectivity index is 2.25. The van der Waals surface area contributed by atoms with Crippen LogP contribution in [0.1, 0.15) is 30.6 Å². The van der Waals surface area contributed by atoms with Gasteiger partial charge in [-0.25, -0.2) is 12.8 Å². The third-order valence-corrected chi connectivity index (χ3v) is 6.61. The normalized spacial score (nSPS) is 19.3. The minimum atomic E-state index is -3.15. The van der Waals surface area contributed by atoms with Crippen LogP contribution in [0.15, 0.2) is 18.2 Å². The van der Waals surface area contributed by atoms with E-state index in [0.717, 1.165) is 19.2 Å². The molecule has 1 heterocycles. The molecule has 0 saturated carbocycles.